The number of rotatable bonds is 3. The van der Waals surface area contributed by atoms with Crippen molar-refractivity contribution in [1.29, 1.82) is 0 Å². The van der Waals surface area contributed by atoms with E-state index in [2.05, 4.69) is 35.4 Å². The number of aryl methyl sites for hydroxylation is 2. The standard InChI is InChI=1S/C12H14N2S/c1-9-3-5-11(7-13-9)14-8-12-6-4-10(2)15-12/h3-7,14H,8H2,1-2H3. The summed E-state index contributed by atoms with van der Waals surface area (Å²) in [5, 5.41) is 3.35. The van der Waals surface area contributed by atoms with Crippen molar-refractivity contribution in [2.24, 2.45) is 0 Å². The molecule has 0 bridgehead atoms. The summed E-state index contributed by atoms with van der Waals surface area (Å²) in [4.78, 5) is 6.95. The van der Waals surface area contributed by atoms with Gasteiger partial charge in [0.1, 0.15) is 0 Å². The molecule has 2 aromatic rings. The number of nitrogens with one attached hydrogen (secondary N) is 1. The molecule has 1 N–H and O–H groups in total. The van der Waals surface area contributed by atoms with Crippen LogP contribution in [0.15, 0.2) is 30.5 Å². The van der Waals surface area contributed by atoms with Crippen molar-refractivity contribution in [3.8, 4) is 0 Å². The summed E-state index contributed by atoms with van der Waals surface area (Å²) in [6.45, 7) is 5.00. The van der Waals surface area contributed by atoms with Crippen LogP contribution in [0.25, 0.3) is 0 Å². The monoisotopic (exact) mass is 218 g/mol. The predicted molar refractivity (Wildman–Crippen MR) is 65.4 cm³/mol. The first-order valence-electron chi connectivity index (χ1n) is 4.96. The molecule has 0 radical (unpaired) electrons. The third-order valence-corrected chi connectivity index (χ3v) is 3.17. The zero-order chi connectivity index (χ0) is 10.7. The Kier molecular flexibility index (Phi) is 3.02. The van der Waals surface area contributed by atoms with Gasteiger partial charge in [-0.2, -0.15) is 0 Å². The first kappa shape index (κ1) is 10.2. The number of pyridine rings is 1. The Morgan fingerprint density at radius 1 is 1.20 bits per heavy atom. The molecular formula is C12H14N2S. The van der Waals surface area contributed by atoms with Crippen molar-refractivity contribution >= 4 is 17.0 Å². The van der Waals surface area contributed by atoms with Gasteiger partial charge in [-0.15, -0.1) is 11.3 Å². The van der Waals surface area contributed by atoms with Crippen LogP contribution in [0.1, 0.15) is 15.4 Å². The third kappa shape index (κ3) is 2.80. The molecule has 3 heteroatoms. The smallest absolute Gasteiger partial charge is 0.0529 e. The fourth-order valence-corrected chi connectivity index (χ4v) is 2.17. The number of aromatic nitrogens is 1. The Balaban J connectivity index is 1.96. The van der Waals surface area contributed by atoms with Gasteiger partial charge in [0.15, 0.2) is 0 Å². The summed E-state index contributed by atoms with van der Waals surface area (Å²) in [7, 11) is 0. The summed E-state index contributed by atoms with van der Waals surface area (Å²) in [5.41, 5.74) is 2.12. The van der Waals surface area contributed by atoms with Crippen LogP contribution in [-0.2, 0) is 6.54 Å². The highest BCUT2D eigenvalue weighted by molar-refractivity contribution is 7.11. The average molecular weight is 218 g/mol. The van der Waals surface area contributed by atoms with Crippen LogP contribution in [0.5, 0.6) is 0 Å². The Morgan fingerprint density at radius 3 is 2.67 bits per heavy atom. The minimum atomic E-state index is 0.878. The maximum Gasteiger partial charge on any atom is 0.0529 e. The Hall–Kier alpha value is -1.35. The number of nitrogens with zero attached hydrogens (tertiary/aromatic N) is 1. The molecular weight excluding hydrogens is 204 g/mol. The van der Waals surface area contributed by atoms with Gasteiger partial charge in [-0.05, 0) is 38.1 Å². The summed E-state index contributed by atoms with van der Waals surface area (Å²) < 4.78 is 0. The molecule has 78 valence electrons. The second-order valence-corrected chi connectivity index (χ2v) is 4.93. The van der Waals surface area contributed by atoms with Crippen molar-refractivity contribution < 1.29 is 0 Å². The van der Waals surface area contributed by atoms with Crippen LogP contribution in [0.2, 0.25) is 0 Å². The van der Waals surface area contributed by atoms with E-state index in [-0.39, 0.29) is 0 Å². The largest absolute Gasteiger partial charge is 0.379 e. The summed E-state index contributed by atoms with van der Waals surface area (Å²) in [6.07, 6.45) is 1.87. The lowest BCUT2D eigenvalue weighted by molar-refractivity contribution is 1.15. The minimum absolute atomic E-state index is 0.878. The second kappa shape index (κ2) is 4.45. The van der Waals surface area contributed by atoms with E-state index < -0.39 is 0 Å². The summed E-state index contributed by atoms with van der Waals surface area (Å²) in [5.74, 6) is 0. The first-order valence-corrected chi connectivity index (χ1v) is 5.77. The molecule has 0 spiro atoms. The van der Waals surface area contributed by atoms with Gasteiger partial charge in [-0.3, -0.25) is 4.98 Å². The fraction of sp³-hybridized carbons (Fsp3) is 0.250. The molecule has 15 heavy (non-hydrogen) atoms. The van der Waals surface area contributed by atoms with Crippen LogP contribution in [0.4, 0.5) is 5.69 Å². The van der Waals surface area contributed by atoms with Crippen molar-refractivity contribution in [3.63, 3.8) is 0 Å². The predicted octanol–water partition coefficient (Wildman–Crippen LogP) is 3.37. The molecule has 0 saturated heterocycles. The lowest BCUT2D eigenvalue weighted by Gasteiger charge is -2.03. The van der Waals surface area contributed by atoms with E-state index in [9.17, 15) is 0 Å². The van der Waals surface area contributed by atoms with Crippen molar-refractivity contribution in [1.82, 2.24) is 4.98 Å². The van der Waals surface area contributed by atoms with Crippen molar-refractivity contribution in [2.75, 3.05) is 5.32 Å². The number of hydrogen-bond donors (Lipinski definition) is 1. The molecule has 0 aromatic carbocycles. The van der Waals surface area contributed by atoms with E-state index in [1.165, 1.54) is 9.75 Å². The first-order chi connectivity index (χ1) is 7.24. The van der Waals surface area contributed by atoms with Crippen LogP contribution >= 0.6 is 11.3 Å². The molecule has 2 heterocycles. The summed E-state index contributed by atoms with van der Waals surface area (Å²) >= 11 is 1.83. The van der Waals surface area contributed by atoms with E-state index >= 15 is 0 Å². The van der Waals surface area contributed by atoms with Gasteiger partial charge in [0, 0.05) is 22.0 Å². The second-order valence-electron chi connectivity index (χ2n) is 3.55. The number of anilines is 1. The molecule has 2 aromatic heterocycles. The van der Waals surface area contributed by atoms with Gasteiger partial charge in [0.25, 0.3) is 0 Å². The number of hydrogen-bond acceptors (Lipinski definition) is 3. The molecule has 2 rings (SSSR count). The van der Waals surface area contributed by atoms with E-state index in [1.807, 2.05) is 30.5 Å². The molecule has 0 unspecified atom stereocenters. The lowest BCUT2D eigenvalue weighted by Crippen LogP contribution is -1.97. The molecule has 0 aliphatic rings. The van der Waals surface area contributed by atoms with Gasteiger partial charge in [-0.25, -0.2) is 0 Å². The normalized spacial score (nSPS) is 10.3. The highest BCUT2D eigenvalue weighted by Gasteiger charge is 1.97. The summed E-state index contributed by atoms with van der Waals surface area (Å²) in [6, 6.07) is 8.38. The van der Waals surface area contributed by atoms with Crippen molar-refractivity contribution in [3.05, 3.63) is 45.9 Å². The van der Waals surface area contributed by atoms with Crippen LogP contribution in [-0.4, -0.2) is 4.98 Å². The minimum Gasteiger partial charge on any atom is -0.379 e. The Bertz CT molecular complexity index is 431. The number of thiophene rings is 1. The van der Waals surface area contributed by atoms with Crippen LogP contribution in [0.3, 0.4) is 0 Å². The molecule has 0 atom stereocenters. The lowest BCUT2D eigenvalue weighted by atomic mass is 10.3. The maximum absolute atomic E-state index is 4.24. The zero-order valence-electron chi connectivity index (χ0n) is 8.95. The molecule has 0 amide bonds. The highest BCUT2D eigenvalue weighted by atomic mass is 32.1. The fourth-order valence-electron chi connectivity index (χ4n) is 1.34. The van der Waals surface area contributed by atoms with Gasteiger partial charge in [0.05, 0.1) is 11.9 Å². The van der Waals surface area contributed by atoms with Crippen LogP contribution in [0, 0.1) is 13.8 Å². The zero-order valence-corrected chi connectivity index (χ0v) is 9.77. The molecule has 0 saturated carbocycles. The van der Waals surface area contributed by atoms with Crippen LogP contribution < -0.4 is 5.32 Å². The van der Waals surface area contributed by atoms with Gasteiger partial charge in [0.2, 0.25) is 0 Å². The third-order valence-electron chi connectivity index (χ3n) is 2.17. The van der Waals surface area contributed by atoms with Gasteiger partial charge >= 0.3 is 0 Å². The van der Waals surface area contributed by atoms with E-state index in [1.54, 1.807) is 0 Å². The average Bonchev–Trinajstić information content (AvgIpc) is 2.64. The van der Waals surface area contributed by atoms with E-state index in [0.717, 1.165) is 17.9 Å². The Labute approximate surface area is 94.0 Å². The quantitative estimate of drug-likeness (QED) is 0.854. The van der Waals surface area contributed by atoms with Crippen molar-refractivity contribution in [2.45, 2.75) is 20.4 Å². The van der Waals surface area contributed by atoms with E-state index in [4.69, 9.17) is 0 Å². The van der Waals surface area contributed by atoms with Gasteiger partial charge < -0.3 is 5.32 Å². The topological polar surface area (TPSA) is 24.9 Å². The molecule has 0 aliphatic carbocycles. The Morgan fingerprint density at radius 2 is 2.07 bits per heavy atom. The molecule has 2 nitrogen and oxygen atoms in total. The maximum atomic E-state index is 4.24. The van der Waals surface area contributed by atoms with E-state index in [0.29, 0.717) is 0 Å². The molecule has 0 aliphatic heterocycles. The highest BCUT2D eigenvalue weighted by Crippen LogP contribution is 2.16. The SMILES string of the molecule is Cc1ccc(NCc2ccc(C)s2)cn1. The molecule has 0 fully saturated rings. The van der Waals surface area contributed by atoms with Gasteiger partial charge in [-0.1, -0.05) is 0 Å².